The molecule has 11 heteroatoms. The highest BCUT2D eigenvalue weighted by Gasteiger charge is 2.21. The van der Waals surface area contributed by atoms with Crippen molar-refractivity contribution in [1.29, 1.82) is 0 Å². The van der Waals surface area contributed by atoms with Crippen molar-refractivity contribution in [3.63, 3.8) is 0 Å². The van der Waals surface area contributed by atoms with E-state index >= 15 is 0 Å². The van der Waals surface area contributed by atoms with E-state index in [0.29, 0.717) is 34.1 Å². The summed E-state index contributed by atoms with van der Waals surface area (Å²) in [4.78, 5) is 18.5. The van der Waals surface area contributed by atoms with Crippen molar-refractivity contribution in [3.05, 3.63) is 60.7 Å². The molecule has 0 saturated carbocycles. The van der Waals surface area contributed by atoms with Gasteiger partial charge in [0, 0.05) is 11.0 Å². The number of para-hydroxylation sites is 1. The zero-order valence-electron chi connectivity index (χ0n) is 16.7. The number of thiazole rings is 1. The third kappa shape index (κ3) is 3.83. The number of fused-ring (bicyclic) bond motifs is 2. The van der Waals surface area contributed by atoms with E-state index in [1.165, 1.54) is 28.0 Å². The third-order valence-corrected chi connectivity index (χ3v) is 6.39. The molecule has 32 heavy (non-hydrogen) atoms. The molecule has 160 valence electrons. The molecule has 0 radical (unpaired) electrons. The number of nitrogens with zero attached hydrogens (tertiary/aromatic N) is 6. The summed E-state index contributed by atoms with van der Waals surface area (Å²) >= 11 is 2.72. The Bertz CT molecular complexity index is 1420. The lowest BCUT2D eigenvalue weighted by molar-refractivity contribution is 0.205. The van der Waals surface area contributed by atoms with E-state index in [0.717, 1.165) is 15.1 Å². The number of hydrogen-bond acceptors (Lipinski definition) is 8. The monoisotopic (exact) mass is 464 g/mol. The summed E-state index contributed by atoms with van der Waals surface area (Å²) in [7, 11) is 0. The van der Waals surface area contributed by atoms with Crippen LogP contribution in [0.15, 0.2) is 70.7 Å². The smallest absolute Gasteiger partial charge is 0.418 e. The van der Waals surface area contributed by atoms with Crippen molar-refractivity contribution >= 4 is 55.9 Å². The van der Waals surface area contributed by atoms with Crippen LogP contribution in [-0.2, 0) is 0 Å². The molecule has 0 bridgehead atoms. The van der Waals surface area contributed by atoms with Gasteiger partial charge in [-0.25, -0.2) is 14.7 Å². The number of benzene rings is 2. The Hall–Kier alpha value is -3.70. The van der Waals surface area contributed by atoms with Crippen LogP contribution in [0.2, 0.25) is 0 Å². The first-order chi connectivity index (χ1) is 15.6. The zero-order valence-corrected chi connectivity index (χ0v) is 18.4. The van der Waals surface area contributed by atoms with Crippen LogP contribution in [0.5, 0.6) is 5.88 Å². The predicted octanol–water partition coefficient (Wildman–Crippen LogP) is 5.10. The molecule has 0 spiro atoms. The van der Waals surface area contributed by atoms with Crippen molar-refractivity contribution < 1.29 is 14.6 Å². The van der Waals surface area contributed by atoms with Crippen LogP contribution in [-0.4, -0.2) is 42.6 Å². The number of carbonyl (C=O) groups is 1. The second-order valence-corrected chi connectivity index (χ2v) is 8.59. The molecular weight excluding hydrogens is 448 g/mol. The maximum absolute atomic E-state index is 11.9. The van der Waals surface area contributed by atoms with Crippen LogP contribution in [0.1, 0.15) is 6.92 Å². The SMILES string of the molecule is CCOc1ccc2nnc(Sc3ccc4nc(N(C(=O)O)c5ccccc5)sc4c3)n2n1. The Morgan fingerprint density at radius 3 is 2.78 bits per heavy atom. The summed E-state index contributed by atoms with van der Waals surface area (Å²) in [5.41, 5.74) is 1.89. The first-order valence-corrected chi connectivity index (χ1v) is 11.3. The molecule has 3 aromatic heterocycles. The highest BCUT2D eigenvalue weighted by Crippen LogP contribution is 2.36. The summed E-state index contributed by atoms with van der Waals surface area (Å²) < 4.78 is 7.97. The Morgan fingerprint density at radius 1 is 1.16 bits per heavy atom. The van der Waals surface area contributed by atoms with Crippen LogP contribution in [0.25, 0.3) is 15.9 Å². The lowest BCUT2D eigenvalue weighted by Gasteiger charge is -2.15. The molecule has 5 rings (SSSR count). The molecule has 2 aromatic carbocycles. The van der Waals surface area contributed by atoms with Crippen LogP contribution >= 0.6 is 23.1 Å². The van der Waals surface area contributed by atoms with E-state index in [1.807, 2.05) is 31.2 Å². The number of rotatable bonds is 6. The average molecular weight is 465 g/mol. The number of anilines is 2. The van der Waals surface area contributed by atoms with Crippen LogP contribution < -0.4 is 9.64 Å². The van der Waals surface area contributed by atoms with E-state index in [-0.39, 0.29) is 0 Å². The molecule has 0 unspecified atom stereocenters. The second kappa shape index (κ2) is 8.44. The quantitative estimate of drug-likeness (QED) is 0.370. The molecule has 0 saturated heterocycles. The summed E-state index contributed by atoms with van der Waals surface area (Å²) in [6, 6.07) is 18.2. The largest absolute Gasteiger partial charge is 0.477 e. The second-order valence-electron chi connectivity index (χ2n) is 6.54. The minimum atomic E-state index is -1.09. The number of ether oxygens (including phenoxy) is 1. The van der Waals surface area contributed by atoms with E-state index in [1.54, 1.807) is 40.9 Å². The minimum absolute atomic E-state index is 0.386. The van der Waals surface area contributed by atoms with E-state index < -0.39 is 6.09 Å². The van der Waals surface area contributed by atoms with Crippen molar-refractivity contribution in [2.45, 2.75) is 17.0 Å². The zero-order chi connectivity index (χ0) is 22.1. The van der Waals surface area contributed by atoms with E-state index in [2.05, 4.69) is 20.3 Å². The Labute approximate surface area is 190 Å². The summed E-state index contributed by atoms with van der Waals surface area (Å²) in [6.07, 6.45) is -1.09. The molecule has 9 nitrogen and oxygen atoms in total. The van der Waals surface area contributed by atoms with Gasteiger partial charge in [0.25, 0.3) is 0 Å². The van der Waals surface area contributed by atoms with E-state index in [9.17, 15) is 9.90 Å². The molecule has 0 fully saturated rings. The molecule has 0 aliphatic heterocycles. The number of amides is 1. The molecular formula is C21H16N6O3S2. The lowest BCUT2D eigenvalue weighted by Crippen LogP contribution is -2.23. The highest BCUT2D eigenvalue weighted by atomic mass is 32.2. The third-order valence-electron chi connectivity index (χ3n) is 4.46. The first-order valence-electron chi connectivity index (χ1n) is 9.64. The Balaban J connectivity index is 1.48. The topological polar surface area (TPSA) is 106 Å². The van der Waals surface area contributed by atoms with Crippen molar-refractivity contribution in [1.82, 2.24) is 24.8 Å². The molecule has 0 atom stereocenters. The fourth-order valence-electron chi connectivity index (χ4n) is 3.08. The van der Waals surface area contributed by atoms with Gasteiger partial charge in [-0.1, -0.05) is 29.5 Å². The molecule has 3 heterocycles. The fraction of sp³-hybridized carbons (Fsp3) is 0.0952. The maximum Gasteiger partial charge on any atom is 0.418 e. The fourth-order valence-corrected chi connectivity index (χ4v) is 5.00. The van der Waals surface area contributed by atoms with E-state index in [4.69, 9.17) is 4.74 Å². The van der Waals surface area contributed by atoms with Crippen molar-refractivity contribution in [3.8, 4) is 5.88 Å². The summed E-state index contributed by atoms with van der Waals surface area (Å²) in [6.45, 7) is 2.42. The van der Waals surface area contributed by atoms with Gasteiger partial charge in [0.05, 0.1) is 22.5 Å². The highest BCUT2D eigenvalue weighted by molar-refractivity contribution is 7.99. The molecule has 0 aliphatic carbocycles. The van der Waals surface area contributed by atoms with Crippen LogP contribution in [0.3, 0.4) is 0 Å². The van der Waals surface area contributed by atoms with Crippen molar-refractivity contribution in [2.75, 3.05) is 11.5 Å². The van der Waals surface area contributed by atoms with Crippen LogP contribution in [0.4, 0.5) is 15.6 Å². The normalized spacial score (nSPS) is 11.2. The summed E-state index contributed by atoms with van der Waals surface area (Å²) in [5.74, 6) is 0.499. The average Bonchev–Trinajstić information content (AvgIpc) is 3.38. The summed E-state index contributed by atoms with van der Waals surface area (Å²) in [5, 5.41) is 23.5. The van der Waals surface area contributed by atoms with Gasteiger partial charge in [0.2, 0.25) is 16.2 Å². The predicted molar refractivity (Wildman–Crippen MR) is 122 cm³/mol. The number of aromatic nitrogens is 5. The maximum atomic E-state index is 11.9. The van der Waals surface area contributed by atoms with Gasteiger partial charge in [0.1, 0.15) is 0 Å². The molecule has 1 amide bonds. The van der Waals surface area contributed by atoms with Gasteiger partial charge in [-0.3, -0.25) is 0 Å². The minimum Gasteiger partial charge on any atom is -0.477 e. The Kier molecular flexibility index (Phi) is 5.33. The standard InChI is InChI=1S/C21H16N6O3S2/c1-2-30-18-11-10-17-23-24-20(27(17)25-18)31-14-8-9-15-16(12-14)32-19(22-15)26(21(28)29)13-6-4-3-5-7-13/h3-12H,2H2,1H3,(H,28,29). The van der Waals surface area contributed by atoms with Crippen LogP contribution in [0, 0.1) is 0 Å². The Morgan fingerprint density at radius 2 is 2.00 bits per heavy atom. The van der Waals surface area contributed by atoms with Gasteiger partial charge in [-0.15, -0.1) is 15.3 Å². The molecule has 5 aromatic rings. The molecule has 0 aliphatic rings. The first kappa shape index (κ1) is 20.2. The van der Waals surface area contributed by atoms with Gasteiger partial charge >= 0.3 is 6.09 Å². The van der Waals surface area contributed by atoms with Gasteiger partial charge < -0.3 is 9.84 Å². The molecule has 1 N–H and O–H groups in total. The van der Waals surface area contributed by atoms with Crippen molar-refractivity contribution in [2.24, 2.45) is 0 Å². The lowest BCUT2D eigenvalue weighted by atomic mass is 10.3. The van der Waals surface area contributed by atoms with Gasteiger partial charge in [0.15, 0.2) is 5.65 Å². The number of hydrogen-bond donors (Lipinski definition) is 1. The van der Waals surface area contributed by atoms with Gasteiger partial charge in [-0.05, 0) is 55.1 Å². The van der Waals surface area contributed by atoms with Gasteiger partial charge in [-0.2, -0.15) is 4.52 Å². The number of carboxylic acid groups (broad SMARTS) is 1.